The number of benzene rings is 2. The van der Waals surface area contributed by atoms with Crippen molar-refractivity contribution in [3.05, 3.63) is 62.4 Å². The molecule has 1 amide bonds. The topological polar surface area (TPSA) is 71.2 Å². The number of carbonyl (C=O) groups excluding carboxylic acids is 1. The highest BCUT2D eigenvalue weighted by Crippen LogP contribution is 2.33. The van der Waals surface area contributed by atoms with Crippen LogP contribution in [0.2, 0.25) is 10.0 Å². The van der Waals surface area contributed by atoms with Crippen LogP contribution in [0.25, 0.3) is 11.0 Å². The minimum Gasteiger partial charge on any atom is -0.384 e. The van der Waals surface area contributed by atoms with E-state index in [0.717, 1.165) is 41.9 Å². The molecule has 0 saturated carbocycles. The van der Waals surface area contributed by atoms with Crippen LogP contribution in [-0.4, -0.2) is 47.2 Å². The van der Waals surface area contributed by atoms with Crippen molar-refractivity contribution in [2.24, 2.45) is 13.0 Å². The highest BCUT2D eigenvalue weighted by molar-refractivity contribution is 6.38. The van der Waals surface area contributed by atoms with Gasteiger partial charge in [0.15, 0.2) is 0 Å². The fourth-order valence-electron chi connectivity index (χ4n) is 4.52. The summed E-state index contributed by atoms with van der Waals surface area (Å²) in [6.07, 6.45) is 2.21. The van der Waals surface area contributed by atoms with Crippen LogP contribution in [0.1, 0.15) is 45.7 Å². The van der Waals surface area contributed by atoms with Crippen molar-refractivity contribution >= 4 is 40.1 Å². The fraction of sp³-hybridized carbons (Fsp3) is 0.400. The van der Waals surface area contributed by atoms with Crippen molar-refractivity contribution in [2.75, 3.05) is 26.8 Å². The zero-order chi connectivity index (χ0) is 23.7. The Morgan fingerprint density at radius 1 is 1.27 bits per heavy atom. The van der Waals surface area contributed by atoms with E-state index in [9.17, 15) is 10.1 Å². The van der Waals surface area contributed by atoms with Crippen LogP contribution >= 0.6 is 23.2 Å². The number of likely N-dealkylation sites (tertiary alicyclic amines) is 1. The molecule has 1 aromatic heterocycles. The number of fused-ring (bicyclic) bond motifs is 1. The molecule has 0 atom stereocenters. The van der Waals surface area contributed by atoms with E-state index < -0.39 is 0 Å². The molecule has 2 heterocycles. The average molecular weight is 485 g/mol. The molecule has 1 fully saturated rings. The van der Waals surface area contributed by atoms with Crippen molar-refractivity contribution in [1.82, 2.24) is 14.5 Å². The highest BCUT2D eigenvalue weighted by atomic mass is 35.5. The lowest BCUT2D eigenvalue weighted by atomic mass is 9.97. The number of piperidine rings is 1. The maximum Gasteiger partial charge on any atom is 0.255 e. The Kier molecular flexibility index (Phi) is 6.94. The molecular weight excluding hydrogens is 459 g/mol. The Morgan fingerprint density at radius 3 is 2.67 bits per heavy atom. The Morgan fingerprint density at radius 2 is 2.00 bits per heavy atom. The third-order valence-electron chi connectivity index (χ3n) is 6.45. The first-order chi connectivity index (χ1) is 15.8. The molecule has 0 bridgehead atoms. The van der Waals surface area contributed by atoms with E-state index in [1.54, 1.807) is 19.2 Å². The van der Waals surface area contributed by atoms with Crippen molar-refractivity contribution < 1.29 is 9.53 Å². The largest absolute Gasteiger partial charge is 0.384 e. The van der Waals surface area contributed by atoms with Gasteiger partial charge in [0.05, 0.1) is 33.3 Å². The molecule has 6 nitrogen and oxygen atoms in total. The lowest BCUT2D eigenvalue weighted by molar-refractivity contribution is 0.0613. The molecule has 1 aliphatic rings. The summed E-state index contributed by atoms with van der Waals surface area (Å²) < 4.78 is 7.20. The number of aromatic nitrogens is 2. The van der Waals surface area contributed by atoms with Gasteiger partial charge in [-0.2, -0.15) is 5.26 Å². The molecule has 0 unspecified atom stereocenters. The minimum atomic E-state index is -0.0757. The maximum atomic E-state index is 13.2. The van der Waals surface area contributed by atoms with Gasteiger partial charge in [-0.1, -0.05) is 23.2 Å². The number of aryl methyl sites for hydroxylation is 2. The number of amides is 1. The van der Waals surface area contributed by atoms with Crippen molar-refractivity contribution in [1.29, 1.82) is 5.26 Å². The van der Waals surface area contributed by atoms with Gasteiger partial charge >= 0.3 is 0 Å². The molecule has 0 radical (unpaired) electrons. The first-order valence-electron chi connectivity index (χ1n) is 10.9. The number of methoxy groups -OCH3 is 1. The number of ether oxygens (including phenoxy) is 1. The maximum absolute atomic E-state index is 13.2. The molecule has 1 aliphatic heterocycles. The summed E-state index contributed by atoms with van der Waals surface area (Å²) in [5.74, 6) is 1.17. The van der Waals surface area contributed by atoms with Gasteiger partial charge < -0.3 is 14.2 Å². The zero-order valence-corrected chi connectivity index (χ0v) is 20.5. The van der Waals surface area contributed by atoms with E-state index in [1.807, 2.05) is 35.6 Å². The third kappa shape index (κ3) is 4.59. The van der Waals surface area contributed by atoms with E-state index in [0.29, 0.717) is 52.2 Å². The Hall–Kier alpha value is -2.59. The van der Waals surface area contributed by atoms with Crippen molar-refractivity contribution in [3.8, 4) is 6.07 Å². The monoisotopic (exact) mass is 484 g/mol. The van der Waals surface area contributed by atoms with Crippen LogP contribution in [0, 0.1) is 24.2 Å². The van der Waals surface area contributed by atoms with Crippen LogP contribution < -0.4 is 0 Å². The van der Waals surface area contributed by atoms with Crippen LogP contribution in [-0.2, 0) is 18.2 Å². The average Bonchev–Trinajstić information content (AvgIpc) is 3.13. The molecule has 4 rings (SSSR count). The first kappa shape index (κ1) is 23.6. The number of rotatable bonds is 5. The second kappa shape index (κ2) is 9.72. The standard InChI is InChI=1S/C25H26Cl2N4O2/c1-15-10-17(13-28)11-21-24(15)29-22(30(21)2)12-19-20(26)5-4-18(23(19)27)25(32)31-8-6-16(7-9-31)14-33-3/h4-5,10-11,16H,6-9,12,14H2,1-3H3. The SMILES string of the molecule is COCC1CCN(C(=O)c2ccc(Cl)c(Cc3nc4c(C)cc(C#N)cc4n3C)c2Cl)CC1. The summed E-state index contributed by atoms with van der Waals surface area (Å²) in [5, 5.41) is 10.2. The van der Waals surface area contributed by atoms with E-state index in [4.69, 9.17) is 32.9 Å². The molecule has 8 heteroatoms. The summed E-state index contributed by atoms with van der Waals surface area (Å²) in [5.41, 5.74) is 4.37. The summed E-state index contributed by atoms with van der Waals surface area (Å²) in [6.45, 7) is 4.04. The number of carbonyl (C=O) groups is 1. The van der Waals surface area contributed by atoms with E-state index in [2.05, 4.69) is 6.07 Å². The molecule has 0 aliphatic carbocycles. The molecule has 172 valence electrons. The van der Waals surface area contributed by atoms with Crippen LogP contribution in [0.15, 0.2) is 24.3 Å². The molecule has 3 aromatic rings. The smallest absolute Gasteiger partial charge is 0.255 e. The van der Waals surface area contributed by atoms with Gasteiger partial charge in [-0.05, 0) is 61.1 Å². The fourth-order valence-corrected chi connectivity index (χ4v) is 5.10. The second-order valence-corrected chi connectivity index (χ2v) is 9.40. The van der Waals surface area contributed by atoms with Crippen LogP contribution in [0.4, 0.5) is 0 Å². The van der Waals surface area contributed by atoms with Crippen LogP contribution in [0.3, 0.4) is 0 Å². The third-order valence-corrected chi connectivity index (χ3v) is 7.24. The number of hydrogen-bond donors (Lipinski definition) is 0. The lowest BCUT2D eigenvalue weighted by Crippen LogP contribution is -2.39. The molecule has 0 spiro atoms. The minimum absolute atomic E-state index is 0.0757. The van der Waals surface area contributed by atoms with Crippen LogP contribution in [0.5, 0.6) is 0 Å². The number of hydrogen-bond acceptors (Lipinski definition) is 4. The van der Waals surface area contributed by atoms with Gasteiger partial charge in [0.1, 0.15) is 5.82 Å². The van der Waals surface area contributed by atoms with Gasteiger partial charge in [0.25, 0.3) is 5.91 Å². The highest BCUT2D eigenvalue weighted by Gasteiger charge is 2.26. The van der Waals surface area contributed by atoms with Crippen molar-refractivity contribution in [3.63, 3.8) is 0 Å². The first-order valence-corrected chi connectivity index (χ1v) is 11.7. The summed E-state index contributed by atoms with van der Waals surface area (Å²) in [4.78, 5) is 19.9. The molecule has 0 N–H and O–H groups in total. The normalized spacial score (nSPS) is 14.6. The van der Waals surface area contributed by atoms with Gasteiger partial charge in [-0.25, -0.2) is 4.98 Å². The summed E-state index contributed by atoms with van der Waals surface area (Å²) in [6, 6.07) is 9.28. The number of halogens is 2. The van der Waals surface area contributed by atoms with Gasteiger partial charge in [-0.15, -0.1) is 0 Å². The van der Waals surface area contributed by atoms with Crippen molar-refractivity contribution in [2.45, 2.75) is 26.2 Å². The number of nitriles is 1. The predicted octanol–water partition coefficient (Wildman–Crippen LogP) is 5.15. The zero-order valence-electron chi connectivity index (χ0n) is 19.0. The van der Waals surface area contributed by atoms with Gasteiger partial charge in [-0.3, -0.25) is 4.79 Å². The number of nitrogens with zero attached hydrogens (tertiary/aromatic N) is 4. The van der Waals surface area contributed by atoms with E-state index in [-0.39, 0.29) is 5.91 Å². The summed E-state index contributed by atoms with van der Waals surface area (Å²) >= 11 is 13.3. The number of imidazole rings is 1. The summed E-state index contributed by atoms with van der Waals surface area (Å²) in [7, 11) is 3.62. The molecular formula is C25H26Cl2N4O2. The van der Waals surface area contributed by atoms with Gasteiger partial charge in [0, 0.05) is 45.3 Å². The Balaban J connectivity index is 1.63. The van der Waals surface area contributed by atoms with E-state index >= 15 is 0 Å². The molecule has 33 heavy (non-hydrogen) atoms. The Bertz CT molecular complexity index is 1250. The lowest BCUT2D eigenvalue weighted by Gasteiger charge is -2.32. The molecule has 2 aromatic carbocycles. The molecule has 1 saturated heterocycles. The Labute approximate surface area is 203 Å². The van der Waals surface area contributed by atoms with E-state index in [1.165, 1.54) is 0 Å². The second-order valence-electron chi connectivity index (χ2n) is 8.61. The quantitative estimate of drug-likeness (QED) is 0.501. The predicted molar refractivity (Wildman–Crippen MR) is 130 cm³/mol. The van der Waals surface area contributed by atoms with Gasteiger partial charge in [0.2, 0.25) is 0 Å².